The molecule has 1 atom stereocenters. The maximum Gasteiger partial charge on any atom is 0.278 e. The van der Waals surface area contributed by atoms with Crippen LogP contribution in [-0.4, -0.2) is 70.3 Å². The van der Waals surface area contributed by atoms with Gasteiger partial charge in [-0.3, -0.25) is 29.0 Å². The maximum absolute atomic E-state index is 13.9. The van der Waals surface area contributed by atoms with Gasteiger partial charge < -0.3 is 15.3 Å². The number of carbonyl (C=O) groups excluding carboxylic acids is 2. The first-order chi connectivity index (χ1) is 16.8. The van der Waals surface area contributed by atoms with Crippen LogP contribution in [0.3, 0.4) is 0 Å². The van der Waals surface area contributed by atoms with Crippen molar-refractivity contribution in [2.75, 3.05) is 37.7 Å². The van der Waals surface area contributed by atoms with E-state index in [0.717, 1.165) is 19.2 Å². The van der Waals surface area contributed by atoms with Gasteiger partial charge in [-0.1, -0.05) is 6.07 Å². The number of pyridine rings is 1. The van der Waals surface area contributed by atoms with Gasteiger partial charge in [0.15, 0.2) is 11.4 Å². The largest absolute Gasteiger partial charge is 0.502 e. The summed E-state index contributed by atoms with van der Waals surface area (Å²) in [4.78, 5) is 42.9. The van der Waals surface area contributed by atoms with Crippen molar-refractivity contribution < 1.29 is 23.5 Å². The third kappa shape index (κ3) is 4.24. The normalized spacial score (nSPS) is 20.0. The average Bonchev–Trinajstić information content (AvgIpc) is 3.64. The highest BCUT2D eigenvalue weighted by Crippen LogP contribution is 2.32. The molecule has 2 amide bonds. The molecule has 186 valence electrons. The Morgan fingerprint density at radius 2 is 1.97 bits per heavy atom. The molecule has 0 bridgehead atoms. The number of likely N-dealkylation sites (N-methyl/N-ethyl adjacent to an activating group) is 1. The summed E-state index contributed by atoms with van der Waals surface area (Å²) in [6.07, 6.45) is 3.40. The highest BCUT2D eigenvalue weighted by Gasteiger charge is 2.43. The molecule has 2 fully saturated rings. The van der Waals surface area contributed by atoms with Crippen LogP contribution in [0, 0.1) is 17.6 Å². The summed E-state index contributed by atoms with van der Waals surface area (Å²) in [5, 5.41) is 15.0. The number of fused-ring (bicyclic) bond motifs is 3. The SMILES string of the molecule is CCN1C(=O)c2c(O)c(=O)c(C(=O)NCc3ccc(F)cc3F)cn2N2CCN(CC3CC3)C[C@@H]12. The Kier molecular flexibility index (Phi) is 5.96. The first-order valence-corrected chi connectivity index (χ1v) is 11.8. The number of hydrogen-bond acceptors (Lipinski definition) is 6. The zero-order valence-corrected chi connectivity index (χ0v) is 19.3. The van der Waals surface area contributed by atoms with Crippen molar-refractivity contribution in [1.29, 1.82) is 0 Å². The second-order valence-corrected chi connectivity index (χ2v) is 9.27. The number of rotatable bonds is 6. The van der Waals surface area contributed by atoms with Crippen molar-refractivity contribution in [2.24, 2.45) is 5.92 Å². The Balaban J connectivity index is 1.44. The number of amides is 2. The van der Waals surface area contributed by atoms with Crippen LogP contribution < -0.4 is 15.8 Å². The number of carbonyl (C=O) groups is 2. The molecule has 1 aromatic carbocycles. The highest BCUT2D eigenvalue weighted by atomic mass is 19.1. The van der Waals surface area contributed by atoms with Gasteiger partial charge in [-0.25, -0.2) is 8.78 Å². The van der Waals surface area contributed by atoms with Gasteiger partial charge >= 0.3 is 0 Å². The van der Waals surface area contributed by atoms with Crippen LogP contribution in [0.2, 0.25) is 0 Å². The first kappa shape index (κ1) is 23.3. The minimum absolute atomic E-state index is 0.0441. The molecular weight excluding hydrogens is 460 g/mol. The summed E-state index contributed by atoms with van der Waals surface area (Å²) in [5.41, 5.74) is -1.48. The van der Waals surface area contributed by atoms with Gasteiger partial charge in [0, 0.05) is 57.1 Å². The number of benzene rings is 1. The van der Waals surface area contributed by atoms with Crippen LogP contribution in [0.4, 0.5) is 8.78 Å². The smallest absolute Gasteiger partial charge is 0.278 e. The van der Waals surface area contributed by atoms with E-state index in [1.807, 2.05) is 11.9 Å². The summed E-state index contributed by atoms with van der Waals surface area (Å²) < 4.78 is 28.5. The van der Waals surface area contributed by atoms with Crippen molar-refractivity contribution >= 4 is 11.8 Å². The van der Waals surface area contributed by atoms with Crippen molar-refractivity contribution in [3.63, 3.8) is 0 Å². The van der Waals surface area contributed by atoms with E-state index >= 15 is 0 Å². The predicted octanol–water partition coefficient (Wildman–Crippen LogP) is 1.23. The molecule has 35 heavy (non-hydrogen) atoms. The summed E-state index contributed by atoms with van der Waals surface area (Å²) in [6, 6.07) is 2.97. The lowest BCUT2D eigenvalue weighted by atomic mass is 10.1. The van der Waals surface area contributed by atoms with E-state index in [0.29, 0.717) is 31.6 Å². The lowest BCUT2D eigenvalue weighted by Gasteiger charge is -2.51. The van der Waals surface area contributed by atoms with Gasteiger partial charge in [0.25, 0.3) is 11.8 Å². The summed E-state index contributed by atoms with van der Waals surface area (Å²) in [7, 11) is 0. The number of aromatic nitrogens is 1. The lowest BCUT2D eigenvalue weighted by molar-refractivity contribution is 0.0418. The van der Waals surface area contributed by atoms with E-state index < -0.39 is 34.6 Å². The van der Waals surface area contributed by atoms with Crippen LogP contribution in [0.25, 0.3) is 0 Å². The van der Waals surface area contributed by atoms with E-state index in [1.165, 1.54) is 29.8 Å². The molecule has 1 aromatic heterocycles. The monoisotopic (exact) mass is 487 g/mol. The second-order valence-electron chi connectivity index (χ2n) is 9.27. The van der Waals surface area contributed by atoms with Gasteiger partial charge in [-0.05, 0) is 31.7 Å². The van der Waals surface area contributed by atoms with Gasteiger partial charge in [0.05, 0.1) is 0 Å². The second kappa shape index (κ2) is 8.95. The average molecular weight is 488 g/mol. The number of halogens is 2. The van der Waals surface area contributed by atoms with E-state index in [1.54, 1.807) is 4.90 Å². The van der Waals surface area contributed by atoms with E-state index in [9.17, 15) is 28.3 Å². The van der Waals surface area contributed by atoms with Crippen LogP contribution in [0.15, 0.2) is 29.2 Å². The Bertz CT molecular complexity index is 1250. The highest BCUT2D eigenvalue weighted by molar-refractivity contribution is 5.99. The molecular formula is C24H27F2N5O4. The van der Waals surface area contributed by atoms with Crippen LogP contribution in [0.5, 0.6) is 5.75 Å². The number of hydrogen-bond donors (Lipinski definition) is 2. The van der Waals surface area contributed by atoms with Crippen molar-refractivity contribution in [1.82, 2.24) is 19.8 Å². The predicted molar refractivity (Wildman–Crippen MR) is 123 cm³/mol. The molecule has 2 aliphatic heterocycles. The molecule has 11 heteroatoms. The summed E-state index contributed by atoms with van der Waals surface area (Å²) in [6.45, 7) is 4.85. The standard InChI is InChI=1S/C24H27F2N5O4/c1-2-29-19-13-28(11-14-3-4-14)7-8-30(19)31-12-17(21(32)22(33)20(31)24(29)35)23(34)27-10-15-5-6-16(25)9-18(15)26/h5-6,9,12,14,19,33H,2-4,7-8,10-11,13H2,1H3,(H,27,34)/t19-/m0/s1. The zero-order valence-electron chi connectivity index (χ0n) is 19.3. The van der Waals surface area contributed by atoms with Crippen molar-refractivity contribution in [3.8, 4) is 5.75 Å². The Hall–Kier alpha value is -3.47. The number of nitrogens with one attached hydrogen (secondary N) is 1. The minimum Gasteiger partial charge on any atom is -0.502 e. The van der Waals surface area contributed by atoms with Crippen LogP contribution in [0.1, 0.15) is 46.2 Å². The van der Waals surface area contributed by atoms with Gasteiger partial charge in [-0.2, -0.15) is 0 Å². The van der Waals surface area contributed by atoms with Gasteiger partial charge in [-0.15, -0.1) is 0 Å². The summed E-state index contributed by atoms with van der Waals surface area (Å²) in [5.74, 6) is -2.98. The van der Waals surface area contributed by atoms with Crippen molar-refractivity contribution in [2.45, 2.75) is 32.5 Å². The maximum atomic E-state index is 13.9. The molecule has 1 saturated heterocycles. The topological polar surface area (TPSA) is 98.1 Å². The van der Waals surface area contributed by atoms with E-state index in [4.69, 9.17) is 0 Å². The molecule has 0 spiro atoms. The quantitative estimate of drug-likeness (QED) is 0.636. The van der Waals surface area contributed by atoms with Crippen molar-refractivity contribution in [3.05, 3.63) is 63.1 Å². The fraction of sp³-hybridized carbons (Fsp3) is 0.458. The Labute approximate surface area is 200 Å². The third-order valence-electron chi connectivity index (χ3n) is 6.93. The molecule has 2 N–H and O–H groups in total. The first-order valence-electron chi connectivity index (χ1n) is 11.8. The molecule has 0 unspecified atom stereocenters. The number of piperazine rings is 1. The Morgan fingerprint density at radius 3 is 2.66 bits per heavy atom. The fourth-order valence-corrected chi connectivity index (χ4v) is 4.87. The lowest BCUT2D eigenvalue weighted by Crippen LogP contribution is -2.69. The third-order valence-corrected chi connectivity index (χ3v) is 6.93. The van der Waals surface area contributed by atoms with Crippen LogP contribution in [-0.2, 0) is 6.54 Å². The Morgan fingerprint density at radius 1 is 1.20 bits per heavy atom. The van der Waals surface area contributed by atoms with E-state index in [-0.39, 0.29) is 29.5 Å². The van der Waals surface area contributed by atoms with E-state index in [2.05, 4.69) is 10.2 Å². The summed E-state index contributed by atoms with van der Waals surface area (Å²) >= 11 is 0. The molecule has 3 aliphatic rings. The molecule has 1 aliphatic carbocycles. The molecule has 9 nitrogen and oxygen atoms in total. The van der Waals surface area contributed by atoms with Gasteiger partial charge in [0.2, 0.25) is 5.43 Å². The zero-order chi connectivity index (χ0) is 24.9. The molecule has 5 rings (SSSR count). The van der Waals surface area contributed by atoms with Crippen LogP contribution >= 0.6 is 0 Å². The van der Waals surface area contributed by atoms with Gasteiger partial charge in [0.1, 0.15) is 23.4 Å². The molecule has 1 saturated carbocycles. The molecule has 3 heterocycles. The molecule has 2 aromatic rings. The number of nitrogens with zero attached hydrogens (tertiary/aromatic N) is 4. The minimum atomic E-state index is -0.983. The molecule has 0 radical (unpaired) electrons. The fourth-order valence-electron chi connectivity index (χ4n) is 4.87. The number of aromatic hydroxyl groups is 1.